The minimum Gasteiger partial charge on any atom is -0.480 e. The molecule has 9 nitrogen and oxygen atoms in total. The number of hydrogen-bond acceptors (Lipinski definition) is 7. The maximum absolute atomic E-state index is 12.2. The van der Waals surface area contributed by atoms with Gasteiger partial charge in [-0.1, -0.05) is 27.7 Å². The van der Waals surface area contributed by atoms with Gasteiger partial charge < -0.3 is 25.2 Å². The topological polar surface area (TPSA) is 131 Å². The van der Waals surface area contributed by atoms with Gasteiger partial charge in [0, 0.05) is 17.4 Å². The van der Waals surface area contributed by atoms with Crippen molar-refractivity contribution in [1.29, 1.82) is 0 Å². The van der Waals surface area contributed by atoms with Crippen LogP contribution in [0.15, 0.2) is 0 Å². The summed E-state index contributed by atoms with van der Waals surface area (Å²) < 4.78 is 9.86. The first-order valence-corrected chi connectivity index (χ1v) is 10.8. The first-order chi connectivity index (χ1) is 13.5. The number of carboxylic acids is 1. The average molecular weight is 449 g/mol. The fourth-order valence-electron chi connectivity index (χ4n) is 2.37. The molecule has 0 aromatic carbocycles. The predicted octanol–water partition coefficient (Wildman–Crippen LogP) is 2.57. The minimum absolute atomic E-state index is 0.114. The first kappa shape index (κ1) is 28.0. The number of thioether (sulfide) groups is 1. The summed E-state index contributed by atoms with van der Waals surface area (Å²) in [4.78, 5) is 47.6. The molecule has 0 fully saturated rings. The molecule has 0 aliphatic rings. The Hall–Kier alpha value is -1.97. The van der Waals surface area contributed by atoms with Crippen LogP contribution in [-0.2, 0) is 23.9 Å². The number of hydrogen-bond donors (Lipinski definition) is 3. The summed E-state index contributed by atoms with van der Waals surface area (Å²) in [5.41, 5.74) is -0.972. The molecule has 0 aromatic rings. The van der Waals surface area contributed by atoms with E-state index in [2.05, 4.69) is 10.6 Å². The van der Waals surface area contributed by atoms with Crippen LogP contribution in [0.5, 0.6) is 0 Å². The monoisotopic (exact) mass is 448 g/mol. The highest BCUT2D eigenvalue weighted by Gasteiger charge is 2.28. The molecule has 0 radical (unpaired) electrons. The maximum atomic E-state index is 12.2. The van der Waals surface area contributed by atoms with Gasteiger partial charge in [-0.2, -0.15) is 11.8 Å². The highest BCUT2D eigenvalue weighted by molar-refractivity contribution is 7.99. The van der Waals surface area contributed by atoms with Crippen molar-refractivity contribution in [1.82, 2.24) is 10.6 Å². The van der Waals surface area contributed by atoms with E-state index in [1.807, 2.05) is 20.8 Å². The zero-order chi connectivity index (χ0) is 23.7. The van der Waals surface area contributed by atoms with Crippen LogP contribution in [0, 0.1) is 5.41 Å². The second-order valence-corrected chi connectivity index (χ2v) is 10.8. The number of alkyl carbamates (subject to hydrolysis) is 1. The number of aliphatic carboxylic acids is 1. The number of nitrogens with one attached hydrogen (secondary N) is 2. The summed E-state index contributed by atoms with van der Waals surface area (Å²) in [5, 5.41) is 14.2. The highest BCUT2D eigenvalue weighted by atomic mass is 32.2. The van der Waals surface area contributed by atoms with E-state index >= 15 is 0 Å². The van der Waals surface area contributed by atoms with Gasteiger partial charge in [0.25, 0.3) is 0 Å². The molecule has 0 bridgehead atoms. The Morgan fingerprint density at radius 3 is 2.00 bits per heavy atom. The van der Waals surface area contributed by atoms with E-state index < -0.39 is 35.7 Å². The Morgan fingerprint density at radius 2 is 1.57 bits per heavy atom. The molecule has 174 valence electrons. The SMILES string of the molecule is COC(=O)[C@H](CSC(C)CC(NC(=O)OC(C)(C)C)C(=O)O)NC(=O)CC(C)(C)C. The summed E-state index contributed by atoms with van der Waals surface area (Å²) in [6.07, 6.45) is -0.445. The third-order valence-electron chi connectivity index (χ3n) is 3.62. The molecule has 0 spiro atoms. The normalized spacial score (nSPS) is 14.8. The van der Waals surface area contributed by atoms with Gasteiger partial charge in [-0.05, 0) is 32.6 Å². The molecule has 3 N–H and O–H groups in total. The van der Waals surface area contributed by atoms with Crippen molar-refractivity contribution in [2.75, 3.05) is 12.9 Å². The highest BCUT2D eigenvalue weighted by Crippen LogP contribution is 2.20. The fraction of sp³-hybridized carbons (Fsp3) is 0.800. The molecule has 0 saturated carbocycles. The zero-order valence-corrected chi connectivity index (χ0v) is 20.0. The number of amides is 2. The number of methoxy groups -OCH3 is 1. The Kier molecular flexibility index (Phi) is 11.2. The molecule has 30 heavy (non-hydrogen) atoms. The summed E-state index contributed by atoms with van der Waals surface area (Å²) in [7, 11) is 1.24. The number of carbonyl (C=O) groups is 4. The van der Waals surface area contributed by atoms with Crippen LogP contribution in [0.1, 0.15) is 61.3 Å². The molecule has 2 amide bonds. The third kappa shape index (κ3) is 13.3. The van der Waals surface area contributed by atoms with E-state index in [4.69, 9.17) is 9.47 Å². The van der Waals surface area contributed by atoms with E-state index in [1.165, 1.54) is 18.9 Å². The lowest BCUT2D eigenvalue weighted by Crippen LogP contribution is -2.46. The fourth-order valence-corrected chi connectivity index (χ4v) is 3.44. The molecule has 2 unspecified atom stereocenters. The number of esters is 1. The molecule has 0 heterocycles. The lowest BCUT2D eigenvalue weighted by atomic mass is 9.92. The molecular formula is C20H36N2O7S. The number of carboxylic acid groups (broad SMARTS) is 1. The standard InChI is InChI=1S/C20H36N2O7S/c1-12(9-13(16(24)25)22-18(27)29-20(5,6)7)30-11-14(17(26)28-8)21-15(23)10-19(2,3)4/h12-14H,9-11H2,1-8H3,(H,21,23)(H,22,27)(H,24,25)/t12?,13?,14-/m0/s1. The molecule has 10 heteroatoms. The molecule has 0 rings (SSSR count). The molecule has 3 atom stereocenters. The van der Waals surface area contributed by atoms with Crippen LogP contribution < -0.4 is 10.6 Å². The number of rotatable bonds is 10. The van der Waals surface area contributed by atoms with Crippen molar-refractivity contribution < 1.29 is 33.8 Å². The summed E-state index contributed by atoms with van der Waals surface area (Å²) in [6.45, 7) is 12.6. The van der Waals surface area contributed by atoms with Gasteiger partial charge >= 0.3 is 18.0 Å². The Labute approximate surface area is 183 Å². The van der Waals surface area contributed by atoms with Crippen LogP contribution in [0.2, 0.25) is 0 Å². The van der Waals surface area contributed by atoms with Crippen LogP contribution in [-0.4, -0.2) is 64.8 Å². The lowest BCUT2D eigenvalue weighted by Gasteiger charge is -2.24. The Balaban J connectivity index is 4.85. The second kappa shape index (κ2) is 12.0. The zero-order valence-electron chi connectivity index (χ0n) is 19.2. The van der Waals surface area contributed by atoms with Gasteiger partial charge in [-0.15, -0.1) is 0 Å². The van der Waals surface area contributed by atoms with Crippen molar-refractivity contribution >= 4 is 35.7 Å². The smallest absolute Gasteiger partial charge is 0.408 e. The van der Waals surface area contributed by atoms with E-state index in [9.17, 15) is 24.3 Å². The Morgan fingerprint density at radius 1 is 1.00 bits per heavy atom. The van der Waals surface area contributed by atoms with Gasteiger partial charge in [-0.25, -0.2) is 14.4 Å². The molecule has 0 aliphatic carbocycles. The van der Waals surface area contributed by atoms with Crippen LogP contribution in [0.3, 0.4) is 0 Å². The van der Waals surface area contributed by atoms with Gasteiger partial charge in [0.2, 0.25) is 5.91 Å². The van der Waals surface area contributed by atoms with Crippen molar-refractivity contribution in [3.63, 3.8) is 0 Å². The van der Waals surface area contributed by atoms with Crippen molar-refractivity contribution in [3.05, 3.63) is 0 Å². The quantitative estimate of drug-likeness (QED) is 0.435. The van der Waals surface area contributed by atoms with Gasteiger partial charge in [0.05, 0.1) is 7.11 Å². The van der Waals surface area contributed by atoms with Gasteiger partial charge in [0.15, 0.2) is 0 Å². The molecule has 0 saturated heterocycles. The number of carbonyl (C=O) groups excluding carboxylic acids is 3. The van der Waals surface area contributed by atoms with Crippen LogP contribution in [0.25, 0.3) is 0 Å². The van der Waals surface area contributed by atoms with Crippen molar-refractivity contribution in [2.45, 2.75) is 84.2 Å². The summed E-state index contributed by atoms with van der Waals surface area (Å²) in [6, 6.07) is -1.99. The summed E-state index contributed by atoms with van der Waals surface area (Å²) >= 11 is 1.30. The lowest BCUT2D eigenvalue weighted by molar-refractivity contribution is -0.144. The van der Waals surface area contributed by atoms with E-state index in [-0.39, 0.29) is 35.2 Å². The predicted molar refractivity (Wildman–Crippen MR) is 115 cm³/mol. The Bertz CT molecular complexity index is 611. The molecule has 0 aromatic heterocycles. The number of ether oxygens (including phenoxy) is 2. The largest absolute Gasteiger partial charge is 0.480 e. The van der Waals surface area contributed by atoms with Gasteiger partial charge in [0.1, 0.15) is 17.7 Å². The van der Waals surface area contributed by atoms with Crippen LogP contribution >= 0.6 is 11.8 Å². The summed E-state index contributed by atoms with van der Waals surface area (Å²) in [5.74, 6) is -1.81. The van der Waals surface area contributed by atoms with E-state index in [0.717, 1.165) is 0 Å². The van der Waals surface area contributed by atoms with Crippen molar-refractivity contribution in [2.24, 2.45) is 5.41 Å². The third-order valence-corrected chi connectivity index (χ3v) is 4.90. The molecular weight excluding hydrogens is 412 g/mol. The molecule has 0 aliphatic heterocycles. The van der Waals surface area contributed by atoms with E-state index in [1.54, 1.807) is 27.7 Å². The maximum Gasteiger partial charge on any atom is 0.408 e. The van der Waals surface area contributed by atoms with Crippen molar-refractivity contribution in [3.8, 4) is 0 Å². The van der Waals surface area contributed by atoms with E-state index in [0.29, 0.717) is 0 Å². The second-order valence-electron chi connectivity index (χ2n) is 9.30. The van der Waals surface area contributed by atoms with Crippen LogP contribution in [0.4, 0.5) is 4.79 Å². The minimum atomic E-state index is -1.18. The average Bonchev–Trinajstić information content (AvgIpc) is 2.53. The van der Waals surface area contributed by atoms with Gasteiger partial charge in [-0.3, -0.25) is 4.79 Å². The first-order valence-electron chi connectivity index (χ1n) is 9.75.